The van der Waals surface area contributed by atoms with Gasteiger partial charge in [0.15, 0.2) is 0 Å². The molecular formula is C22H27N3O. The highest BCUT2D eigenvalue weighted by molar-refractivity contribution is 6.12. The van der Waals surface area contributed by atoms with Crippen LogP contribution in [0.5, 0.6) is 0 Å². The van der Waals surface area contributed by atoms with Gasteiger partial charge in [-0.15, -0.1) is 0 Å². The average molecular weight is 349 g/mol. The molecule has 2 aromatic rings. The van der Waals surface area contributed by atoms with E-state index in [0.717, 1.165) is 36.4 Å². The lowest BCUT2D eigenvalue weighted by molar-refractivity contribution is -0.115. The number of fused-ring (bicyclic) bond motifs is 1. The Morgan fingerprint density at radius 3 is 2.54 bits per heavy atom. The van der Waals surface area contributed by atoms with E-state index in [2.05, 4.69) is 41.2 Å². The van der Waals surface area contributed by atoms with Gasteiger partial charge in [0.25, 0.3) is 0 Å². The van der Waals surface area contributed by atoms with Crippen LogP contribution >= 0.6 is 0 Å². The van der Waals surface area contributed by atoms with Gasteiger partial charge < -0.3 is 10.2 Å². The number of carbonyl (C=O) groups is 1. The van der Waals surface area contributed by atoms with Crippen molar-refractivity contribution in [3.8, 4) is 0 Å². The van der Waals surface area contributed by atoms with Crippen LogP contribution in [0.2, 0.25) is 0 Å². The molecule has 0 aromatic heterocycles. The monoisotopic (exact) mass is 349 g/mol. The molecule has 0 saturated heterocycles. The van der Waals surface area contributed by atoms with Gasteiger partial charge >= 0.3 is 0 Å². The fraction of sp³-hybridized carbons (Fsp3) is 0.364. The van der Waals surface area contributed by atoms with Crippen molar-refractivity contribution in [1.29, 1.82) is 0 Å². The van der Waals surface area contributed by atoms with Crippen LogP contribution < -0.4 is 10.2 Å². The van der Waals surface area contributed by atoms with E-state index < -0.39 is 0 Å². The highest BCUT2D eigenvalue weighted by Crippen LogP contribution is 2.31. The second-order valence-electron chi connectivity index (χ2n) is 6.69. The van der Waals surface area contributed by atoms with Crippen molar-refractivity contribution in [2.45, 2.75) is 39.0 Å². The molecule has 1 aliphatic rings. The summed E-state index contributed by atoms with van der Waals surface area (Å²) in [4.78, 5) is 19.1. The Kier molecular flexibility index (Phi) is 6.05. The smallest absolute Gasteiger partial charge is 0.237 e. The molecule has 0 fully saturated rings. The van der Waals surface area contributed by atoms with E-state index in [1.165, 1.54) is 18.5 Å². The molecule has 1 atom stereocenters. The number of nitrogens with zero attached hydrogens (tertiary/aromatic N) is 2. The van der Waals surface area contributed by atoms with Gasteiger partial charge in [0.2, 0.25) is 5.91 Å². The van der Waals surface area contributed by atoms with Crippen LogP contribution in [0, 0.1) is 0 Å². The van der Waals surface area contributed by atoms with Gasteiger partial charge in [0, 0.05) is 30.7 Å². The second kappa shape index (κ2) is 8.65. The fourth-order valence-corrected chi connectivity index (χ4v) is 3.28. The number of para-hydroxylation sites is 1. The summed E-state index contributed by atoms with van der Waals surface area (Å²) in [5, 5.41) is 2.90. The number of hydrogen-bond acceptors (Lipinski definition) is 3. The first kappa shape index (κ1) is 18.2. The summed E-state index contributed by atoms with van der Waals surface area (Å²) in [5.74, 6) is -0.327. The first-order valence-corrected chi connectivity index (χ1v) is 9.52. The molecule has 1 aliphatic heterocycles. The molecule has 0 bridgehead atoms. The molecule has 0 spiro atoms. The first-order valence-electron chi connectivity index (χ1n) is 9.52. The predicted molar refractivity (Wildman–Crippen MR) is 110 cm³/mol. The first-order chi connectivity index (χ1) is 12.7. The van der Waals surface area contributed by atoms with Crippen LogP contribution in [0.4, 0.5) is 17.1 Å². The Hall–Kier alpha value is -2.62. The molecule has 1 N–H and O–H groups in total. The molecule has 0 saturated carbocycles. The van der Waals surface area contributed by atoms with Gasteiger partial charge in [-0.25, -0.2) is 0 Å². The Labute approximate surface area is 155 Å². The Bertz CT molecular complexity index is 767. The molecule has 4 heteroatoms. The standard InChI is InChI=1S/C22H27N3O/c1-3-5-15-25(14-4-2)18-12-10-17(11-13-18)23-16-20-19-8-6-7-9-21(19)24-22(20)26/h6-13,16,20H,3-5,14-15H2,1-2H3,(H,24,26). The number of rotatable bonds is 8. The van der Waals surface area contributed by atoms with Crippen molar-refractivity contribution in [3.05, 3.63) is 54.1 Å². The van der Waals surface area contributed by atoms with Crippen molar-refractivity contribution in [2.75, 3.05) is 23.3 Å². The maximum Gasteiger partial charge on any atom is 0.237 e. The molecule has 26 heavy (non-hydrogen) atoms. The Morgan fingerprint density at radius 1 is 1.04 bits per heavy atom. The van der Waals surface area contributed by atoms with E-state index >= 15 is 0 Å². The van der Waals surface area contributed by atoms with Crippen LogP contribution in [0.1, 0.15) is 44.6 Å². The summed E-state index contributed by atoms with van der Waals surface area (Å²) in [6.45, 7) is 6.59. The number of aliphatic imine (C=N–C) groups is 1. The third kappa shape index (κ3) is 4.13. The zero-order chi connectivity index (χ0) is 18.4. The lowest BCUT2D eigenvalue weighted by Gasteiger charge is -2.24. The van der Waals surface area contributed by atoms with Crippen LogP contribution in [0.25, 0.3) is 0 Å². The van der Waals surface area contributed by atoms with E-state index in [1.54, 1.807) is 6.21 Å². The Morgan fingerprint density at radius 2 is 1.81 bits per heavy atom. The summed E-state index contributed by atoms with van der Waals surface area (Å²) in [7, 11) is 0. The molecule has 1 heterocycles. The summed E-state index contributed by atoms with van der Waals surface area (Å²) < 4.78 is 0. The average Bonchev–Trinajstić information content (AvgIpc) is 2.99. The number of nitrogens with one attached hydrogen (secondary N) is 1. The van der Waals surface area contributed by atoms with Crippen molar-refractivity contribution in [3.63, 3.8) is 0 Å². The molecule has 136 valence electrons. The number of unbranched alkanes of at least 4 members (excludes halogenated alkanes) is 1. The molecule has 0 aliphatic carbocycles. The molecule has 3 rings (SSSR count). The minimum atomic E-state index is -0.313. The van der Waals surface area contributed by atoms with E-state index in [0.29, 0.717) is 0 Å². The zero-order valence-corrected chi connectivity index (χ0v) is 15.6. The highest BCUT2D eigenvalue weighted by Gasteiger charge is 2.28. The van der Waals surface area contributed by atoms with Crippen LogP contribution in [0.15, 0.2) is 53.5 Å². The van der Waals surface area contributed by atoms with Crippen LogP contribution in [0.3, 0.4) is 0 Å². The lowest BCUT2D eigenvalue weighted by atomic mass is 10.0. The van der Waals surface area contributed by atoms with Crippen molar-refractivity contribution < 1.29 is 4.79 Å². The molecular weight excluding hydrogens is 322 g/mol. The van der Waals surface area contributed by atoms with Crippen LogP contribution in [-0.4, -0.2) is 25.2 Å². The third-order valence-corrected chi connectivity index (χ3v) is 4.70. The molecule has 1 unspecified atom stereocenters. The molecule has 4 nitrogen and oxygen atoms in total. The number of benzene rings is 2. The fourth-order valence-electron chi connectivity index (χ4n) is 3.28. The second-order valence-corrected chi connectivity index (χ2v) is 6.69. The quantitative estimate of drug-likeness (QED) is 0.671. The number of hydrogen-bond donors (Lipinski definition) is 1. The normalized spacial score (nSPS) is 15.9. The SMILES string of the molecule is CCCCN(CCC)c1ccc(N=CC2C(=O)Nc3ccccc32)cc1. The van der Waals surface area contributed by atoms with Crippen molar-refractivity contribution in [2.24, 2.45) is 4.99 Å². The number of anilines is 2. The Balaban J connectivity index is 1.71. The summed E-state index contributed by atoms with van der Waals surface area (Å²) >= 11 is 0. The summed E-state index contributed by atoms with van der Waals surface area (Å²) in [6.07, 6.45) is 5.29. The van der Waals surface area contributed by atoms with E-state index in [9.17, 15) is 4.79 Å². The third-order valence-electron chi connectivity index (χ3n) is 4.70. The lowest BCUT2D eigenvalue weighted by Crippen LogP contribution is -2.24. The molecule has 1 amide bonds. The van der Waals surface area contributed by atoms with Crippen molar-refractivity contribution >= 4 is 29.2 Å². The molecule has 2 aromatic carbocycles. The van der Waals surface area contributed by atoms with Crippen molar-refractivity contribution in [1.82, 2.24) is 0 Å². The minimum absolute atomic E-state index is 0.0137. The minimum Gasteiger partial charge on any atom is -0.372 e. The van der Waals surface area contributed by atoms with Gasteiger partial charge in [-0.05, 0) is 48.7 Å². The van der Waals surface area contributed by atoms with Gasteiger partial charge in [-0.3, -0.25) is 9.79 Å². The van der Waals surface area contributed by atoms with E-state index in [-0.39, 0.29) is 11.8 Å². The van der Waals surface area contributed by atoms with Crippen LogP contribution in [-0.2, 0) is 4.79 Å². The number of amides is 1. The largest absolute Gasteiger partial charge is 0.372 e. The topological polar surface area (TPSA) is 44.7 Å². The highest BCUT2D eigenvalue weighted by atomic mass is 16.2. The van der Waals surface area contributed by atoms with Gasteiger partial charge in [0.1, 0.15) is 5.92 Å². The summed E-state index contributed by atoms with van der Waals surface area (Å²) in [5.41, 5.74) is 3.99. The molecule has 0 radical (unpaired) electrons. The van der Waals surface area contributed by atoms with Gasteiger partial charge in [0.05, 0.1) is 5.69 Å². The summed E-state index contributed by atoms with van der Waals surface area (Å²) in [6, 6.07) is 16.1. The predicted octanol–water partition coefficient (Wildman–Crippen LogP) is 5.14. The van der Waals surface area contributed by atoms with E-state index in [4.69, 9.17) is 0 Å². The maximum absolute atomic E-state index is 12.2. The maximum atomic E-state index is 12.2. The van der Waals surface area contributed by atoms with Gasteiger partial charge in [-0.1, -0.05) is 38.5 Å². The van der Waals surface area contributed by atoms with E-state index in [1.807, 2.05) is 36.4 Å². The van der Waals surface area contributed by atoms with Gasteiger partial charge in [-0.2, -0.15) is 0 Å². The zero-order valence-electron chi connectivity index (χ0n) is 15.6. The number of carbonyl (C=O) groups excluding carboxylic acids is 1.